The molecule has 0 spiro atoms. The summed E-state index contributed by atoms with van der Waals surface area (Å²) in [5, 5.41) is 19.6. The molecule has 1 atom stereocenters. The fraction of sp³-hybridized carbons (Fsp3) is 0.462. The molecule has 0 aliphatic rings. The Hall–Kier alpha value is -2.09. The van der Waals surface area contributed by atoms with Gasteiger partial charge in [-0.15, -0.1) is 0 Å². The number of nitro benzene ring substituents is 1. The number of rotatable bonds is 5. The van der Waals surface area contributed by atoms with Gasteiger partial charge in [0.25, 0.3) is 5.69 Å². The zero-order chi connectivity index (χ0) is 13.7. The van der Waals surface area contributed by atoms with Crippen LogP contribution in [0.4, 0.5) is 5.69 Å². The molecule has 5 heteroatoms. The van der Waals surface area contributed by atoms with Crippen LogP contribution in [0, 0.1) is 27.4 Å². The van der Waals surface area contributed by atoms with E-state index in [9.17, 15) is 10.1 Å². The quantitative estimate of drug-likeness (QED) is 0.591. The van der Waals surface area contributed by atoms with Crippen molar-refractivity contribution in [2.24, 2.45) is 5.92 Å². The molecule has 0 aromatic heterocycles. The molecule has 1 aromatic rings. The molecule has 0 saturated heterocycles. The summed E-state index contributed by atoms with van der Waals surface area (Å²) in [6, 6.07) is 6.09. The summed E-state index contributed by atoms with van der Waals surface area (Å²) in [4.78, 5) is 10.2. The van der Waals surface area contributed by atoms with Gasteiger partial charge in [-0.05, 0) is 31.4 Å². The third-order valence-corrected chi connectivity index (χ3v) is 2.43. The number of ether oxygens (including phenoxy) is 1. The highest BCUT2D eigenvalue weighted by atomic mass is 16.6. The first kappa shape index (κ1) is 14.0. The van der Waals surface area contributed by atoms with E-state index in [2.05, 4.69) is 13.8 Å². The van der Waals surface area contributed by atoms with Gasteiger partial charge in [-0.2, -0.15) is 5.26 Å². The van der Waals surface area contributed by atoms with Crippen molar-refractivity contribution in [1.82, 2.24) is 0 Å². The second kappa shape index (κ2) is 6.01. The smallest absolute Gasteiger partial charge is 0.290 e. The molecule has 0 radical (unpaired) electrons. The highest BCUT2D eigenvalue weighted by molar-refractivity contribution is 5.52. The standard InChI is InChI=1S/C13H16N2O3/c1-9(2)6-10(3)18-12-5-4-11(8-14)13(7-12)15(16)17/h4-5,7,9-10H,6H2,1-3H3. The number of nitrogens with zero attached hydrogens (tertiary/aromatic N) is 2. The van der Waals surface area contributed by atoms with Gasteiger partial charge in [-0.1, -0.05) is 13.8 Å². The fourth-order valence-corrected chi connectivity index (χ4v) is 1.77. The Morgan fingerprint density at radius 1 is 1.44 bits per heavy atom. The molecule has 0 amide bonds. The maximum atomic E-state index is 10.8. The minimum Gasteiger partial charge on any atom is -0.490 e. The molecule has 0 fully saturated rings. The van der Waals surface area contributed by atoms with E-state index in [1.807, 2.05) is 6.92 Å². The number of nitriles is 1. The average Bonchev–Trinajstić information content (AvgIpc) is 2.27. The molecule has 0 heterocycles. The van der Waals surface area contributed by atoms with Gasteiger partial charge in [-0.25, -0.2) is 0 Å². The highest BCUT2D eigenvalue weighted by Crippen LogP contribution is 2.25. The molecule has 1 rings (SSSR count). The molecule has 5 nitrogen and oxygen atoms in total. The summed E-state index contributed by atoms with van der Waals surface area (Å²) in [6.07, 6.45) is 0.853. The minimum absolute atomic E-state index is 0.0162. The van der Waals surface area contributed by atoms with Crippen molar-refractivity contribution in [2.75, 3.05) is 0 Å². The van der Waals surface area contributed by atoms with Crippen LogP contribution in [0.1, 0.15) is 32.8 Å². The first-order chi connectivity index (χ1) is 8.43. The number of nitro groups is 1. The zero-order valence-electron chi connectivity index (χ0n) is 10.7. The first-order valence-corrected chi connectivity index (χ1v) is 5.79. The van der Waals surface area contributed by atoms with Crippen molar-refractivity contribution >= 4 is 5.69 Å². The maximum absolute atomic E-state index is 10.8. The monoisotopic (exact) mass is 248 g/mol. The van der Waals surface area contributed by atoms with Gasteiger partial charge in [0.15, 0.2) is 0 Å². The molecular formula is C13H16N2O3. The molecule has 18 heavy (non-hydrogen) atoms. The van der Waals surface area contributed by atoms with Crippen molar-refractivity contribution in [3.05, 3.63) is 33.9 Å². The minimum atomic E-state index is -0.571. The summed E-state index contributed by atoms with van der Waals surface area (Å²) in [6.45, 7) is 6.09. The van der Waals surface area contributed by atoms with E-state index in [1.165, 1.54) is 12.1 Å². The lowest BCUT2D eigenvalue weighted by Crippen LogP contribution is -2.14. The van der Waals surface area contributed by atoms with E-state index < -0.39 is 4.92 Å². The number of hydrogen-bond acceptors (Lipinski definition) is 4. The molecule has 0 N–H and O–H groups in total. The SMILES string of the molecule is CC(C)CC(C)Oc1ccc(C#N)c([N+](=O)[O-])c1. The summed E-state index contributed by atoms with van der Waals surface area (Å²) in [7, 11) is 0. The summed E-state index contributed by atoms with van der Waals surface area (Å²) in [5.74, 6) is 0.919. The van der Waals surface area contributed by atoms with Gasteiger partial charge in [0, 0.05) is 0 Å². The molecule has 1 aromatic carbocycles. The van der Waals surface area contributed by atoms with Crippen LogP contribution in [-0.4, -0.2) is 11.0 Å². The third-order valence-electron chi connectivity index (χ3n) is 2.43. The van der Waals surface area contributed by atoms with Crippen molar-refractivity contribution in [2.45, 2.75) is 33.3 Å². The Morgan fingerprint density at radius 2 is 2.11 bits per heavy atom. The topological polar surface area (TPSA) is 76.2 Å². The lowest BCUT2D eigenvalue weighted by molar-refractivity contribution is -0.385. The first-order valence-electron chi connectivity index (χ1n) is 5.79. The van der Waals surface area contributed by atoms with Gasteiger partial charge in [0.2, 0.25) is 0 Å². The summed E-state index contributed by atoms with van der Waals surface area (Å²) in [5.41, 5.74) is -0.171. The van der Waals surface area contributed by atoms with Crippen LogP contribution in [0.5, 0.6) is 5.75 Å². The van der Waals surface area contributed by atoms with Crippen LogP contribution in [-0.2, 0) is 0 Å². The molecule has 0 saturated carbocycles. The van der Waals surface area contributed by atoms with E-state index >= 15 is 0 Å². The Labute approximate surface area is 106 Å². The largest absolute Gasteiger partial charge is 0.490 e. The third kappa shape index (κ3) is 3.74. The van der Waals surface area contributed by atoms with Crippen molar-refractivity contribution in [3.8, 4) is 11.8 Å². The van der Waals surface area contributed by atoms with Gasteiger partial charge < -0.3 is 4.74 Å². The molecular weight excluding hydrogens is 232 g/mol. The van der Waals surface area contributed by atoms with Crippen molar-refractivity contribution in [3.63, 3.8) is 0 Å². The molecule has 96 valence electrons. The van der Waals surface area contributed by atoms with Crippen LogP contribution >= 0.6 is 0 Å². The van der Waals surface area contributed by atoms with E-state index in [4.69, 9.17) is 10.00 Å². The van der Waals surface area contributed by atoms with Gasteiger partial charge in [-0.3, -0.25) is 10.1 Å². The van der Waals surface area contributed by atoms with Crippen LogP contribution in [0.25, 0.3) is 0 Å². The summed E-state index contributed by atoms with van der Waals surface area (Å²) < 4.78 is 5.60. The highest BCUT2D eigenvalue weighted by Gasteiger charge is 2.16. The van der Waals surface area contributed by atoms with Crippen LogP contribution in [0.2, 0.25) is 0 Å². The summed E-state index contributed by atoms with van der Waals surface area (Å²) >= 11 is 0. The van der Waals surface area contributed by atoms with E-state index in [1.54, 1.807) is 12.1 Å². The van der Waals surface area contributed by atoms with Crippen molar-refractivity contribution in [1.29, 1.82) is 5.26 Å². The zero-order valence-corrected chi connectivity index (χ0v) is 10.7. The van der Waals surface area contributed by atoms with Gasteiger partial charge in [0.1, 0.15) is 17.4 Å². The second-order valence-corrected chi connectivity index (χ2v) is 4.61. The maximum Gasteiger partial charge on any atom is 0.290 e. The molecule has 0 bridgehead atoms. The van der Waals surface area contributed by atoms with Crippen LogP contribution < -0.4 is 4.74 Å². The van der Waals surface area contributed by atoms with Gasteiger partial charge in [0.05, 0.1) is 17.1 Å². The van der Waals surface area contributed by atoms with E-state index in [0.29, 0.717) is 11.7 Å². The van der Waals surface area contributed by atoms with E-state index in [-0.39, 0.29) is 17.4 Å². The molecule has 1 unspecified atom stereocenters. The predicted octanol–water partition coefficient (Wildman–Crippen LogP) is 3.28. The Kier molecular flexibility index (Phi) is 4.67. The van der Waals surface area contributed by atoms with Crippen LogP contribution in [0.15, 0.2) is 18.2 Å². The van der Waals surface area contributed by atoms with Crippen LogP contribution in [0.3, 0.4) is 0 Å². The molecule has 0 aliphatic carbocycles. The van der Waals surface area contributed by atoms with E-state index in [0.717, 1.165) is 6.42 Å². The Morgan fingerprint density at radius 3 is 2.61 bits per heavy atom. The van der Waals surface area contributed by atoms with Gasteiger partial charge >= 0.3 is 0 Å². The second-order valence-electron chi connectivity index (χ2n) is 4.61. The lowest BCUT2D eigenvalue weighted by atomic mass is 10.1. The normalized spacial score (nSPS) is 11.9. The Bertz CT molecular complexity index is 478. The number of benzene rings is 1. The van der Waals surface area contributed by atoms with Crippen molar-refractivity contribution < 1.29 is 9.66 Å². The predicted molar refractivity (Wildman–Crippen MR) is 67.4 cm³/mol. The molecule has 0 aliphatic heterocycles. The lowest BCUT2D eigenvalue weighted by Gasteiger charge is -2.16. The number of hydrogen-bond donors (Lipinski definition) is 0. The fourth-order valence-electron chi connectivity index (χ4n) is 1.77. The Balaban J connectivity index is 2.89. The average molecular weight is 248 g/mol.